The van der Waals surface area contributed by atoms with Crippen molar-refractivity contribution in [2.24, 2.45) is 0 Å². The monoisotopic (exact) mass is 403 g/mol. The van der Waals surface area contributed by atoms with E-state index in [4.69, 9.17) is 14.6 Å². The number of carboxylic acids is 1. The number of fused-ring (bicyclic) bond motifs is 1. The third kappa shape index (κ3) is 3.68. The Bertz CT molecular complexity index is 1030. The molecule has 2 aromatic rings. The Kier molecular flexibility index (Phi) is 5.60. The smallest absolute Gasteiger partial charge is 0.328 e. The zero-order valence-electron chi connectivity index (χ0n) is 15.6. The minimum absolute atomic E-state index is 0.0423. The number of hydrogen-bond acceptors (Lipinski definition) is 5. The number of para-hydroxylation sites is 1. The van der Waals surface area contributed by atoms with Crippen LogP contribution in [-0.2, 0) is 21.2 Å². The lowest BCUT2D eigenvalue weighted by molar-refractivity contribution is -0.131. The molecule has 0 aromatic heterocycles. The first-order chi connectivity index (χ1) is 13.4. The maximum Gasteiger partial charge on any atom is 0.328 e. The number of aryl methyl sites for hydroxylation is 1. The van der Waals surface area contributed by atoms with Gasteiger partial charge in [0.15, 0.2) is 11.5 Å². The number of anilines is 1. The third-order valence-corrected chi connectivity index (χ3v) is 6.43. The summed E-state index contributed by atoms with van der Waals surface area (Å²) in [7, 11) is -1.12. The number of carboxylic acid groups (broad SMARTS) is 1. The Morgan fingerprint density at radius 1 is 1.14 bits per heavy atom. The van der Waals surface area contributed by atoms with Crippen molar-refractivity contribution in [3.63, 3.8) is 0 Å². The summed E-state index contributed by atoms with van der Waals surface area (Å²) in [6.07, 6.45) is 3.64. The van der Waals surface area contributed by atoms with Crippen molar-refractivity contribution in [3.05, 3.63) is 53.6 Å². The maximum atomic E-state index is 13.5. The third-order valence-electron chi connectivity index (χ3n) is 4.56. The summed E-state index contributed by atoms with van der Waals surface area (Å²) in [4.78, 5) is 10.9. The number of rotatable bonds is 6. The van der Waals surface area contributed by atoms with Crippen molar-refractivity contribution in [2.45, 2.75) is 17.7 Å². The topological polar surface area (TPSA) is 93.1 Å². The van der Waals surface area contributed by atoms with Crippen LogP contribution in [0.4, 0.5) is 5.69 Å². The van der Waals surface area contributed by atoms with E-state index >= 15 is 0 Å². The fourth-order valence-corrected chi connectivity index (χ4v) is 4.98. The normalized spacial score (nSPS) is 14.0. The Hall–Kier alpha value is -3.00. The number of ether oxygens (including phenoxy) is 2. The van der Waals surface area contributed by atoms with E-state index in [0.29, 0.717) is 24.4 Å². The average Bonchev–Trinajstić information content (AvgIpc) is 2.70. The van der Waals surface area contributed by atoms with E-state index in [0.717, 1.165) is 18.1 Å². The van der Waals surface area contributed by atoms with Gasteiger partial charge in [0.1, 0.15) is 0 Å². The van der Waals surface area contributed by atoms with Crippen molar-refractivity contribution < 1.29 is 27.8 Å². The van der Waals surface area contributed by atoms with Crippen molar-refractivity contribution >= 4 is 27.8 Å². The number of benzene rings is 2. The minimum atomic E-state index is -3.96. The van der Waals surface area contributed by atoms with E-state index in [1.54, 1.807) is 12.1 Å². The van der Waals surface area contributed by atoms with E-state index < -0.39 is 16.0 Å². The standard InChI is InChI=1S/C20H21NO6S/c1-26-17-12-15(9-10-20(22)23)19(13-18(17)27-2)28(24,25)21-11-5-7-14-6-3-4-8-16(14)21/h3-4,6,8-10,12-13H,5,7,11H2,1-2H3,(H,22,23)/b10-9+. The van der Waals surface area contributed by atoms with Crippen LogP contribution in [0.5, 0.6) is 11.5 Å². The Labute approximate surface area is 163 Å². The van der Waals surface area contributed by atoms with Crippen LogP contribution in [-0.4, -0.2) is 40.3 Å². The van der Waals surface area contributed by atoms with E-state index in [2.05, 4.69) is 0 Å². The molecule has 0 aliphatic carbocycles. The Morgan fingerprint density at radius 3 is 2.50 bits per heavy atom. The first kappa shape index (κ1) is 19.8. The second-order valence-electron chi connectivity index (χ2n) is 6.23. The van der Waals surface area contributed by atoms with Crippen LogP contribution in [0.1, 0.15) is 17.5 Å². The second-order valence-corrected chi connectivity index (χ2v) is 8.06. The van der Waals surface area contributed by atoms with Gasteiger partial charge in [-0.1, -0.05) is 18.2 Å². The van der Waals surface area contributed by atoms with Crippen LogP contribution in [0, 0.1) is 0 Å². The van der Waals surface area contributed by atoms with Gasteiger partial charge in [-0.15, -0.1) is 0 Å². The number of sulfonamides is 1. The summed E-state index contributed by atoms with van der Waals surface area (Å²) in [5.74, 6) is -0.620. The largest absolute Gasteiger partial charge is 0.493 e. The molecule has 1 N–H and O–H groups in total. The number of carbonyl (C=O) groups is 1. The van der Waals surface area contributed by atoms with Crippen molar-refractivity contribution in [1.82, 2.24) is 0 Å². The van der Waals surface area contributed by atoms with Crippen LogP contribution in [0.3, 0.4) is 0 Å². The van der Waals surface area contributed by atoms with E-state index in [9.17, 15) is 13.2 Å². The fraction of sp³-hybridized carbons (Fsp3) is 0.250. The molecule has 0 spiro atoms. The van der Waals surface area contributed by atoms with Crippen LogP contribution >= 0.6 is 0 Å². The molecule has 0 unspecified atom stereocenters. The number of nitrogens with zero attached hydrogens (tertiary/aromatic N) is 1. The van der Waals surface area contributed by atoms with Crippen LogP contribution in [0.15, 0.2) is 47.4 Å². The lowest BCUT2D eigenvalue weighted by Crippen LogP contribution is -2.35. The molecule has 1 aliphatic rings. The molecule has 0 amide bonds. The summed E-state index contributed by atoms with van der Waals surface area (Å²) in [5, 5.41) is 8.97. The average molecular weight is 403 g/mol. The highest BCUT2D eigenvalue weighted by Crippen LogP contribution is 2.38. The molecular formula is C20H21NO6S. The van der Waals surface area contributed by atoms with Gasteiger partial charge in [-0.3, -0.25) is 4.31 Å². The molecule has 28 heavy (non-hydrogen) atoms. The molecule has 148 valence electrons. The van der Waals surface area contributed by atoms with E-state index in [1.807, 2.05) is 12.1 Å². The summed E-state index contributed by atoms with van der Waals surface area (Å²) in [5.41, 5.74) is 1.81. The zero-order chi connectivity index (χ0) is 20.3. The molecule has 0 saturated heterocycles. The molecule has 0 fully saturated rings. The van der Waals surface area contributed by atoms with Gasteiger partial charge in [0.2, 0.25) is 0 Å². The van der Waals surface area contributed by atoms with Gasteiger partial charge in [-0.25, -0.2) is 13.2 Å². The first-order valence-corrected chi connectivity index (χ1v) is 10.1. The van der Waals surface area contributed by atoms with Gasteiger partial charge in [0.25, 0.3) is 10.0 Å². The molecule has 1 aliphatic heterocycles. The molecule has 7 nitrogen and oxygen atoms in total. The number of aliphatic carboxylic acids is 1. The van der Waals surface area contributed by atoms with Gasteiger partial charge < -0.3 is 14.6 Å². The van der Waals surface area contributed by atoms with Gasteiger partial charge in [-0.2, -0.15) is 0 Å². The second kappa shape index (κ2) is 7.93. The summed E-state index contributed by atoms with van der Waals surface area (Å²) in [6, 6.07) is 10.2. The SMILES string of the molecule is COc1cc(/C=C/C(=O)O)c(S(=O)(=O)N2CCCc3ccccc32)cc1OC. The summed E-state index contributed by atoms with van der Waals surface area (Å²) in [6.45, 7) is 0.343. The lowest BCUT2D eigenvalue weighted by Gasteiger charge is -2.31. The van der Waals surface area contributed by atoms with Crippen LogP contribution in [0.25, 0.3) is 6.08 Å². The van der Waals surface area contributed by atoms with Crippen molar-refractivity contribution in [3.8, 4) is 11.5 Å². The lowest BCUT2D eigenvalue weighted by atomic mass is 10.0. The highest BCUT2D eigenvalue weighted by Gasteiger charge is 2.31. The van der Waals surface area contributed by atoms with Gasteiger partial charge in [0, 0.05) is 18.7 Å². The minimum Gasteiger partial charge on any atom is -0.493 e. The maximum absolute atomic E-state index is 13.5. The highest BCUT2D eigenvalue weighted by atomic mass is 32.2. The number of methoxy groups -OCH3 is 2. The fourth-order valence-electron chi connectivity index (χ4n) is 3.26. The molecule has 1 heterocycles. The van der Waals surface area contributed by atoms with Crippen LogP contribution in [0.2, 0.25) is 0 Å². The number of hydrogen-bond donors (Lipinski definition) is 1. The van der Waals surface area contributed by atoms with Crippen molar-refractivity contribution in [2.75, 3.05) is 25.1 Å². The summed E-state index contributed by atoms with van der Waals surface area (Å²) >= 11 is 0. The molecule has 3 rings (SSSR count). The van der Waals surface area contributed by atoms with Gasteiger partial charge in [-0.05, 0) is 42.2 Å². The molecule has 0 atom stereocenters. The van der Waals surface area contributed by atoms with Gasteiger partial charge >= 0.3 is 5.97 Å². The zero-order valence-corrected chi connectivity index (χ0v) is 16.4. The van der Waals surface area contributed by atoms with E-state index in [1.165, 1.54) is 36.7 Å². The molecular weight excluding hydrogens is 382 g/mol. The molecule has 0 bridgehead atoms. The Morgan fingerprint density at radius 2 is 1.82 bits per heavy atom. The predicted molar refractivity (Wildman–Crippen MR) is 106 cm³/mol. The Balaban J connectivity index is 2.20. The molecule has 0 saturated carbocycles. The predicted octanol–water partition coefficient (Wildman–Crippen LogP) is 2.94. The molecule has 0 radical (unpaired) electrons. The quantitative estimate of drug-likeness (QED) is 0.746. The molecule has 8 heteroatoms. The van der Waals surface area contributed by atoms with E-state index in [-0.39, 0.29) is 16.2 Å². The van der Waals surface area contributed by atoms with Gasteiger partial charge in [0.05, 0.1) is 24.8 Å². The molecule has 2 aromatic carbocycles. The first-order valence-electron chi connectivity index (χ1n) is 8.66. The highest BCUT2D eigenvalue weighted by molar-refractivity contribution is 7.93. The van der Waals surface area contributed by atoms with Crippen LogP contribution < -0.4 is 13.8 Å². The summed E-state index contributed by atoms with van der Waals surface area (Å²) < 4.78 is 38.9. The van der Waals surface area contributed by atoms with Crippen molar-refractivity contribution in [1.29, 1.82) is 0 Å².